The number of nitrogens with zero attached hydrogens (tertiary/aromatic N) is 1. The van der Waals surface area contributed by atoms with Crippen LogP contribution in [-0.2, 0) is 22.5 Å². The Balaban J connectivity index is 1.28. The topological polar surface area (TPSA) is 114 Å². The molecule has 0 unspecified atom stereocenters. The normalized spacial score (nSPS) is 16.9. The number of furan rings is 1. The smallest absolute Gasteiger partial charge is 0.306 e. The van der Waals surface area contributed by atoms with Crippen LogP contribution in [0.25, 0.3) is 11.3 Å². The highest BCUT2D eigenvalue weighted by atomic mass is 35.5. The van der Waals surface area contributed by atoms with Gasteiger partial charge in [0, 0.05) is 24.6 Å². The predicted octanol–water partition coefficient (Wildman–Crippen LogP) is 10.6. The van der Waals surface area contributed by atoms with Crippen LogP contribution >= 0.6 is 11.6 Å². The average Bonchev–Trinajstić information content (AvgIpc) is 3.61. The van der Waals surface area contributed by atoms with Gasteiger partial charge in [0.15, 0.2) is 0 Å². The molecule has 4 aromatic rings. The Morgan fingerprint density at radius 2 is 1.69 bits per heavy atom. The number of rotatable bonds is 15. The number of hydrogen-bond acceptors (Lipinski definition) is 7. The molecule has 1 aliphatic carbocycles. The molecule has 2 N–H and O–H groups in total. The van der Waals surface area contributed by atoms with Crippen molar-refractivity contribution < 1.29 is 23.5 Å². The number of carbonyl (C=O) groups excluding carboxylic acids is 2. The van der Waals surface area contributed by atoms with Gasteiger partial charge in [0.1, 0.15) is 22.9 Å². The highest BCUT2D eigenvalue weighted by molar-refractivity contribution is 6.34. The Labute approximate surface area is 331 Å². The summed E-state index contributed by atoms with van der Waals surface area (Å²) in [7, 11) is 1.57. The molecule has 0 aliphatic heterocycles. The van der Waals surface area contributed by atoms with Crippen molar-refractivity contribution in [3.05, 3.63) is 111 Å². The maximum atomic E-state index is 14.1. The fourth-order valence-corrected chi connectivity index (χ4v) is 7.71. The molecule has 2 atom stereocenters. The molecule has 1 amide bonds. The van der Waals surface area contributed by atoms with E-state index in [-0.39, 0.29) is 29.0 Å². The molecule has 5 rings (SSSR count). The highest BCUT2D eigenvalue weighted by Crippen LogP contribution is 2.37. The van der Waals surface area contributed by atoms with Crippen molar-refractivity contribution in [2.75, 3.05) is 7.11 Å². The van der Waals surface area contributed by atoms with Crippen LogP contribution in [0.3, 0.4) is 0 Å². The van der Waals surface area contributed by atoms with Crippen molar-refractivity contribution in [3.63, 3.8) is 0 Å². The van der Waals surface area contributed by atoms with Gasteiger partial charge in [-0.2, -0.15) is 5.26 Å². The third-order valence-electron chi connectivity index (χ3n) is 10.6. The van der Waals surface area contributed by atoms with E-state index >= 15 is 0 Å². The number of nitriles is 1. The van der Waals surface area contributed by atoms with Crippen molar-refractivity contribution >= 4 is 23.5 Å². The maximum absolute atomic E-state index is 14.1. The lowest BCUT2D eigenvalue weighted by molar-refractivity contribution is -0.156. The quantitative estimate of drug-likeness (QED) is 0.116. The van der Waals surface area contributed by atoms with Gasteiger partial charge >= 0.3 is 5.97 Å². The third kappa shape index (κ3) is 12.0. The van der Waals surface area contributed by atoms with Gasteiger partial charge < -0.3 is 24.5 Å². The van der Waals surface area contributed by atoms with Crippen LogP contribution in [0.4, 0.5) is 0 Å². The lowest BCUT2D eigenvalue weighted by Gasteiger charge is -2.30. The first-order valence-corrected chi connectivity index (χ1v) is 19.9. The minimum Gasteiger partial charge on any atom is -0.496 e. The lowest BCUT2D eigenvalue weighted by atomic mass is 9.78. The summed E-state index contributed by atoms with van der Waals surface area (Å²) in [6.07, 6.45) is 6.89. The fraction of sp³-hybridized carbons (Fsp3) is 0.457. The van der Waals surface area contributed by atoms with Crippen molar-refractivity contribution in [1.29, 1.82) is 5.26 Å². The molecule has 1 heterocycles. The first kappa shape index (κ1) is 41.6. The van der Waals surface area contributed by atoms with Gasteiger partial charge in [-0.25, -0.2) is 0 Å². The number of ether oxygens (including phenoxy) is 2. The Morgan fingerprint density at radius 3 is 2.35 bits per heavy atom. The SMILES string of the molecule is COc1cc(Cl)c(C(=O)N[C@@H](CCC2CCC(CC(=O)OC(C)(C)C)CC2)Cc2ccc(C#N)c(C)c2)cc1-c1ccc(CN[C@H](C)c2ccc(C)cc2)o1. The highest BCUT2D eigenvalue weighted by Gasteiger charge is 2.27. The second kappa shape index (κ2) is 18.8. The van der Waals surface area contributed by atoms with Gasteiger partial charge in [-0.1, -0.05) is 66.4 Å². The van der Waals surface area contributed by atoms with Crippen LogP contribution in [0.2, 0.25) is 5.02 Å². The average molecular weight is 766 g/mol. The number of halogens is 1. The van der Waals surface area contributed by atoms with E-state index in [1.54, 1.807) is 19.2 Å². The number of benzene rings is 3. The first-order valence-electron chi connectivity index (χ1n) is 19.5. The van der Waals surface area contributed by atoms with Gasteiger partial charge in [0.05, 0.1) is 41.4 Å². The third-order valence-corrected chi connectivity index (χ3v) is 10.9. The molecular formula is C46H56ClN3O5. The van der Waals surface area contributed by atoms with E-state index in [0.29, 0.717) is 59.4 Å². The first-order chi connectivity index (χ1) is 26.2. The van der Waals surface area contributed by atoms with E-state index in [1.165, 1.54) is 11.1 Å². The van der Waals surface area contributed by atoms with Crippen LogP contribution in [0, 0.1) is 37.0 Å². The summed E-state index contributed by atoms with van der Waals surface area (Å²) in [6, 6.07) is 23.8. The van der Waals surface area contributed by atoms with Crippen molar-refractivity contribution in [1.82, 2.24) is 10.6 Å². The van der Waals surface area contributed by atoms with Crippen LogP contribution in [0.15, 0.2) is 71.1 Å². The minimum absolute atomic E-state index is 0.121. The molecule has 3 aromatic carbocycles. The summed E-state index contributed by atoms with van der Waals surface area (Å²) in [5, 5.41) is 16.6. The number of nitrogens with one attached hydrogen (secondary N) is 2. The number of esters is 1. The van der Waals surface area contributed by atoms with Gasteiger partial charge in [0.25, 0.3) is 5.91 Å². The Kier molecular flexibility index (Phi) is 14.2. The summed E-state index contributed by atoms with van der Waals surface area (Å²) >= 11 is 6.76. The summed E-state index contributed by atoms with van der Waals surface area (Å²) < 4.78 is 17.5. The van der Waals surface area contributed by atoms with Crippen molar-refractivity contribution in [3.8, 4) is 23.1 Å². The molecule has 1 fully saturated rings. The van der Waals surface area contributed by atoms with Gasteiger partial charge in [-0.3, -0.25) is 9.59 Å². The molecule has 292 valence electrons. The van der Waals surface area contributed by atoms with E-state index in [2.05, 4.69) is 54.8 Å². The van der Waals surface area contributed by atoms with Crippen LogP contribution in [-0.4, -0.2) is 30.6 Å². The maximum Gasteiger partial charge on any atom is 0.306 e. The zero-order chi connectivity index (χ0) is 39.7. The zero-order valence-corrected chi connectivity index (χ0v) is 34.1. The van der Waals surface area contributed by atoms with E-state index in [4.69, 9.17) is 25.5 Å². The molecule has 9 heteroatoms. The second-order valence-corrected chi connectivity index (χ2v) is 16.6. The van der Waals surface area contributed by atoms with Gasteiger partial charge in [-0.15, -0.1) is 0 Å². The Morgan fingerprint density at radius 1 is 0.982 bits per heavy atom. The number of carbonyl (C=O) groups is 2. The van der Waals surface area contributed by atoms with E-state index < -0.39 is 5.60 Å². The van der Waals surface area contributed by atoms with Gasteiger partial charge in [-0.05, 0) is 126 Å². The van der Waals surface area contributed by atoms with Crippen molar-refractivity contribution in [2.24, 2.45) is 11.8 Å². The standard InChI is InChI=1S/C46H56ClN3O5/c1-29-8-16-35(17-9-29)31(3)49-28-38-20-21-42(54-38)40-25-39(41(47)26-43(40)53-7)45(52)50-37(23-34-14-18-36(27-48)30(2)22-34)19-15-32-10-12-33(13-11-32)24-44(51)55-46(4,5)6/h8-9,14,16-18,20-22,25-26,31-33,37,49H,10-13,15,19,23-24,28H2,1-7H3,(H,50,52)/t31-,32?,33?,37+/m1/s1. The molecule has 55 heavy (non-hydrogen) atoms. The van der Waals surface area contributed by atoms with Gasteiger partial charge in [0.2, 0.25) is 0 Å². The summed E-state index contributed by atoms with van der Waals surface area (Å²) in [4.78, 5) is 26.5. The van der Waals surface area contributed by atoms with Crippen LogP contribution < -0.4 is 15.4 Å². The number of amides is 1. The van der Waals surface area contributed by atoms with Crippen LogP contribution in [0.5, 0.6) is 5.75 Å². The molecule has 1 aromatic heterocycles. The molecule has 1 saturated carbocycles. The predicted molar refractivity (Wildman–Crippen MR) is 218 cm³/mol. The molecule has 0 radical (unpaired) electrons. The molecule has 0 saturated heterocycles. The lowest BCUT2D eigenvalue weighted by Crippen LogP contribution is -2.37. The zero-order valence-electron chi connectivity index (χ0n) is 33.4. The Bertz CT molecular complexity index is 1960. The molecule has 0 spiro atoms. The number of methoxy groups -OCH3 is 1. The summed E-state index contributed by atoms with van der Waals surface area (Å²) in [5.41, 5.74) is 5.53. The Hall–Kier alpha value is -4.58. The minimum atomic E-state index is -0.472. The molecular weight excluding hydrogens is 710 g/mol. The molecule has 0 bridgehead atoms. The van der Waals surface area contributed by atoms with Crippen LogP contribution in [0.1, 0.15) is 123 Å². The summed E-state index contributed by atoms with van der Waals surface area (Å²) in [6.45, 7) is 12.4. The number of hydrogen-bond donors (Lipinski definition) is 2. The van der Waals surface area contributed by atoms with E-state index in [0.717, 1.165) is 55.4 Å². The van der Waals surface area contributed by atoms with E-state index in [9.17, 15) is 14.9 Å². The van der Waals surface area contributed by atoms with Crippen molar-refractivity contribution in [2.45, 2.75) is 117 Å². The second-order valence-electron chi connectivity index (χ2n) is 16.2. The van der Waals surface area contributed by atoms with E-state index in [1.807, 2.05) is 58.0 Å². The molecule has 1 aliphatic rings. The number of aryl methyl sites for hydroxylation is 2. The molecule has 8 nitrogen and oxygen atoms in total. The monoisotopic (exact) mass is 765 g/mol. The summed E-state index contributed by atoms with van der Waals surface area (Å²) in [5.74, 6) is 2.31. The largest absolute Gasteiger partial charge is 0.496 e. The fourth-order valence-electron chi connectivity index (χ4n) is 7.47.